The zero-order chi connectivity index (χ0) is 26.6. The Morgan fingerprint density at radius 2 is 2.05 bits per heavy atom. The number of carbonyl (C=O) groups excluding carboxylic acids is 3. The summed E-state index contributed by atoms with van der Waals surface area (Å²) >= 11 is 7.73. The first-order chi connectivity index (χ1) is 18.4. The molecule has 2 atom stereocenters. The lowest BCUT2D eigenvalue weighted by Crippen LogP contribution is -2.70. The number of H-pyrrole nitrogens is 1. The van der Waals surface area contributed by atoms with E-state index in [1.54, 1.807) is 7.11 Å². The summed E-state index contributed by atoms with van der Waals surface area (Å²) in [5.74, 6) is 0.312. The number of nitrogens with one attached hydrogen (secondary N) is 2. The molecule has 10 heteroatoms. The second-order valence-electron chi connectivity index (χ2n) is 9.67. The van der Waals surface area contributed by atoms with Crippen LogP contribution in [0.1, 0.15) is 18.1 Å². The van der Waals surface area contributed by atoms with E-state index in [9.17, 15) is 14.4 Å². The molecule has 1 aliphatic carbocycles. The molecule has 8 nitrogen and oxygen atoms in total. The Balaban J connectivity index is 1.11. The number of benzene rings is 2. The molecule has 3 heterocycles. The number of thioether (sulfide) groups is 1. The number of allylic oxidation sites excluding steroid dienone is 1. The predicted molar refractivity (Wildman–Crippen MR) is 146 cm³/mol. The van der Waals surface area contributed by atoms with E-state index in [4.69, 9.17) is 21.1 Å². The molecular formula is C28H26ClN3O5S. The van der Waals surface area contributed by atoms with E-state index in [1.807, 2.05) is 36.4 Å². The maximum Gasteiger partial charge on any atom is 0.258 e. The SMILES string of the molecule is COCC1=C(C(C)=O)N2C(=O)C(NC(=O)COc3ccc4c(c3)CCc3c-4[nH]c4ccc(Cl)cc34)C2SC1. The number of methoxy groups -OCH3 is 1. The molecule has 2 aliphatic heterocycles. The number of ether oxygens (including phenoxy) is 2. The summed E-state index contributed by atoms with van der Waals surface area (Å²) in [6.45, 7) is 1.53. The molecule has 38 heavy (non-hydrogen) atoms. The highest BCUT2D eigenvalue weighted by Crippen LogP contribution is 2.41. The number of halogens is 1. The maximum absolute atomic E-state index is 12.8. The fourth-order valence-corrected chi connectivity index (χ4v) is 7.08. The van der Waals surface area contributed by atoms with Crippen molar-refractivity contribution in [3.05, 3.63) is 63.8 Å². The first-order valence-electron chi connectivity index (χ1n) is 12.4. The highest BCUT2D eigenvalue weighted by atomic mass is 35.5. The molecule has 3 aliphatic rings. The summed E-state index contributed by atoms with van der Waals surface area (Å²) in [5.41, 5.74) is 6.86. The highest BCUT2D eigenvalue weighted by Gasteiger charge is 2.53. The van der Waals surface area contributed by atoms with Gasteiger partial charge in [-0.3, -0.25) is 19.3 Å². The number of Topliss-reactive ketones (excluding diaryl/α,β-unsaturated/α-hetero) is 1. The summed E-state index contributed by atoms with van der Waals surface area (Å²) in [5, 5.41) is 4.34. The molecule has 0 bridgehead atoms. The molecule has 0 saturated carbocycles. The van der Waals surface area contributed by atoms with E-state index in [1.165, 1.54) is 29.1 Å². The molecule has 1 fully saturated rings. The summed E-state index contributed by atoms with van der Waals surface area (Å²) in [4.78, 5) is 42.7. The zero-order valence-electron chi connectivity index (χ0n) is 20.9. The third-order valence-corrected chi connectivity index (χ3v) is 8.82. The van der Waals surface area contributed by atoms with Gasteiger partial charge < -0.3 is 19.8 Å². The quantitative estimate of drug-likeness (QED) is 0.433. The van der Waals surface area contributed by atoms with Crippen molar-refractivity contribution >= 4 is 51.9 Å². The van der Waals surface area contributed by atoms with Gasteiger partial charge in [0.25, 0.3) is 11.8 Å². The van der Waals surface area contributed by atoms with Crippen LogP contribution in [-0.4, -0.2) is 65.0 Å². The number of amides is 2. The molecule has 2 aromatic carbocycles. The molecule has 196 valence electrons. The molecular weight excluding hydrogens is 526 g/mol. The topological polar surface area (TPSA) is 101 Å². The lowest BCUT2D eigenvalue weighted by Gasteiger charge is -2.50. The average molecular weight is 552 g/mol. The van der Waals surface area contributed by atoms with E-state index in [-0.39, 0.29) is 29.6 Å². The number of fused-ring (bicyclic) bond motifs is 6. The fourth-order valence-electron chi connectivity index (χ4n) is 5.58. The number of β-lactam (4-membered cyclic amide) rings is 1. The van der Waals surface area contributed by atoms with Gasteiger partial charge in [-0.25, -0.2) is 0 Å². The van der Waals surface area contributed by atoms with Crippen LogP contribution in [0.4, 0.5) is 0 Å². The molecule has 1 saturated heterocycles. The Kier molecular flexibility index (Phi) is 6.45. The second kappa shape index (κ2) is 9.80. The van der Waals surface area contributed by atoms with Crippen LogP contribution in [0.3, 0.4) is 0 Å². The number of hydrogen-bond donors (Lipinski definition) is 2. The highest BCUT2D eigenvalue weighted by molar-refractivity contribution is 8.00. The Hall–Kier alpha value is -3.27. The Morgan fingerprint density at radius 1 is 1.21 bits per heavy atom. The van der Waals surface area contributed by atoms with Crippen molar-refractivity contribution in [2.24, 2.45) is 0 Å². The van der Waals surface area contributed by atoms with Crippen molar-refractivity contribution in [2.45, 2.75) is 31.2 Å². The summed E-state index contributed by atoms with van der Waals surface area (Å²) < 4.78 is 11.0. The van der Waals surface area contributed by atoms with Crippen LogP contribution in [0, 0.1) is 0 Å². The van der Waals surface area contributed by atoms with Gasteiger partial charge in [0.05, 0.1) is 12.3 Å². The van der Waals surface area contributed by atoms with Crippen LogP contribution >= 0.6 is 23.4 Å². The molecule has 0 radical (unpaired) electrons. The van der Waals surface area contributed by atoms with Crippen LogP contribution in [0.25, 0.3) is 22.2 Å². The fraction of sp³-hybridized carbons (Fsp3) is 0.321. The van der Waals surface area contributed by atoms with Crippen molar-refractivity contribution in [1.29, 1.82) is 0 Å². The third-order valence-electron chi connectivity index (χ3n) is 7.24. The summed E-state index contributed by atoms with van der Waals surface area (Å²) in [6.07, 6.45) is 1.74. The minimum absolute atomic E-state index is 0.181. The van der Waals surface area contributed by atoms with Crippen LogP contribution in [-0.2, 0) is 32.0 Å². The molecule has 2 amide bonds. The van der Waals surface area contributed by atoms with Crippen LogP contribution < -0.4 is 10.1 Å². The second-order valence-corrected chi connectivity index (χ2v) is 11.2. The Bertz CT molecular complexity index is 1530. The lowest BCUT2D eigenvalue weighted by molar-refractivity contribution is -0.147. The van der Waals surface area contributed by atoms with Crippen LogP contribution in [0.15, 0.2) is 47.7 Å². The zero-order valence-corrected chi connectivity index (χ0v) is 22.5. The molecule has 6 rings (SSSR count). The van der Waals surface area contributed by atoms with Crippen molar-refractivity contribution in [3.8, 4) is 17.0 Å². The number of rotatable bonds is 7. The van der Waals surface area contributed by atoms with Crippen LogP contribution in [0.5, 0.6) is 5.75 Å². The average Bonchev–Trinajstić information content (AvgIpc) is 3.28. The normalized spacial score (nSPS) is 20.0. The predicted octanol–water partition coefficient (Wildman–Crippen LogP) is 3.86. The molecule has 1 aromatic heterocycles. The van der Waals surface area contributed by atoms with Crippen LogP contribution in [0.2, 0.25) is 5.02 Å². The lowest BCUT2D eigenvalue weighted by atomic mass is 9.89. The van der Waals surface area contributed by atoms with Gasteiger partial charge in [0.2, 0.25) is 0 Å². The first-order valence-corrected chi connectivity index (χ1v) is 13.8. The van der Waals surface area contributed by atoms with Gasteiger partial charge in [-0.15, -0.1) is 11.8 Å². The Morgan fingerprint density at radius 3 is 2.84 bits per heavy atom. The standard InChI is InChI=1S/C28H26ClN3O5S/c1-14(33)26-16(11-36-2)13-38-28-25(27(35)32(26)28)31-23(34)12-37-18-5-7-19-15(9-18)3-6-20-21-10-17(29)4-8-22(21)30-24(19)20/h4-5,7-10,25,28,30H,3,6,11-13H2,1-2H3,(H,31,34). The van der Waals surface area contributed by atoms with E-state index in [0.717, 1.165) is 51.2 Å². The van der Waals surface area contributed by atoms with Crippen molar-refractivity contribution in [1.82, 2.24) is 15.2 Å². The number of carbonyl (C=O) groups is 3. The summed E-state index contributed by atoms with van der Waals surface area (Å²) in [6, 6.07) is 11.0. The number of ketones is 1. The largest absolute Gasteiger partial charge is 0.484 e. The number of aromatic nitrogens is 1. The van der Waals surface area contributed by atoms with Gasteiger partial charge in [-0.1, -0.05) is 11.6 Å². The van der Waals surface area contributed by atoms with Crippen molar-refractivity contribution in [2.75, 3.05) is 26.1 Å². The van der Waals surface area contributed by atoms with E-state index >= 15 is 0 Å². The first kappa shape index (κ1) is 25.0. The number of nitrogens with zero attached hydrogens (tertiary/aromatic N) is 1. The number of aromatic amines is 1. The van der Waals surface area contributed by atoms with Gasteiger partial charge in [0, 0.05) is 47.0 Å². The van der Waals surface area contributed by atoms with E-state index < -0.39 is 6.04 Å². The van der Waals surface area contributed by atoms with Gasteiger partial charge >= 0.3 is 0 Å². The Labute approximate surface area is 228 Å². The number of hydrogen-bond acceptors (Lipinski definition) is 6. The van der Waals surface area contributed by atoms with E-state index in [0.29, 0.717) is 23.8 Å². The summed E-state index contributed by atoms with van der Waals surface area (Å²) in [7, 11) is 1.56. The van der Waals surface area contributed by atoms with Gasteiger partial charge in [0.15, 0.2) is 12.4 Å². The number of aryl methyl sites for hydroxylation is 2. The van der Waals surface area contributed by atoms with Gasteiger partial charge in [-0.05, 0) is 65.9 Å². The minimum atomic E-state index is -0.688. The van der Waals surface area contributed by atoms with Gasteiger partial charge in [-0.2, -0.15) is 0 Å². The molecule has 3 aromatic rings. The van der Waals surface area contributed by atoms with Gasteiger partial charge in [0.1, 0.15) is 17.2 Å². The maximum atomic E-state index is 12.8. The van der Waals surface area contributed by atoms with Crippen molar-refractivity contribution < 1.29 is 23.9 Å². The smallest absolute Gasteiger partial charge is 0.258 e. The third kappa shape index (κ3) is 4.19. The molecule has 0 spiro atoms. The monoisotopic (exact) mass is 551 g/mol. The van der Waals surface area contributed by atoms with Crippen molar-refractivity contribution in [3.63, 3.8) is 0 Å². The molecule has 2 unspecified atom stereocenters. The molecule has 2 N–H and O–H groups in total. The minimum Gasteiger partial charge on any atom is -0.484 e. The van der Waals surface area contributed by atoms with E-state index in [2.05, 4.69) is 10.3 Å².